The standard InChI is InChI=1S/C27H27F3O6/c1-2-32-26(31)19-34-25-18-23(35-21-11-13-22(14-12-21)36-27(28,29)30)15-16-24(25)33-17-7-6-10-20-8-4-3-5-9-20/h3-5,8-9,11-16,18H,2,6-7,10,17,19H2,1H3. The minimum Gasteiger partial charge on any atom is -0.490 e. The Morgan fingerprint density at radius 3 is 2.19 bits per heavy atom. The van der Waals surface area contributed by atoms with Crippen LogP contribution in [-0.2, 0) is 16.0 Å². The van der Waals surface area contributed by atoms with E-state index in [1.54, 1.807) is 25.1 Å². The zero-order valence-electron chi connectivity index (χ0n) is 19.8. The summed E-state index contributed by atoms with van der Waals surface area (Å²) in [6, 6.07) is 20.0. The van der Waals surface area contributed by atoms with E-state index in [0.717, 1.165) is 31.4 Å². The molecular weight excluding hydrogens is 477 g/mol. The van der Waals surface area contributed by atoms with Crippen molar-refractivity contribution in [2.24, 2.45) is 0 Å². The first-order valence-electron chi connectivity index (χ1n) is 11.5. The van der Waals surface area contributed by atoms with Crippen LogP contribution in [0.25, 0.3) is 0 Å². The van der Waals surface area contributed by atoms with E-state index in [1.807, 2.05) is 18.2 Å². The molecule has 0 unspecified atom stereocenters. The Morgan fingerprint density at radius 1 is 0.806 bits per heavy atom. The van der Waals surface area contributed by atoms with Crippen LogP contribution in [-0.4, -0.2) is 32.2 Å². The number of halogens is 3. The third-order valence-electron chi connectivity index (χ3n) is 4.82. The van der Waals surface area contributed by atoms with Gasteiger partial charge >= 0.3 is 12.3 Å². The van der Waals surface area contributed by atoms with Gasteiger partial charge in [0.1, 0.15) is 17.2 Å². The number of rotatable bonds is 13. The van der Waals surface area contributed by atoms with E-state index in [1.165, 1.54) is 17.7 Å². The van der Waals surface area contributed by atoms with Gasteiger partial charge in [0.2, 0.25) is 0 Å². The Morgan fingerprint density at radius 2 is 1.50 bits per heavy atom. The minimum absolute atomic E-state index is 0.226. The lowest BCUT2D eigenvalue weighted by molar-refractivity contribution is -0.274. The van der Waals surface area contributed by atoms with Gasteiger partial charge in [0.25, 0.3) is 0 Å². The first-order chi connectivity index (χ1) is 17.3. The van der Waals surface area contributed by atoms with Crippen LogP contribution >= 0.6 is 0 Å². The van der Waals surface area contributed by atoms with Crippen LogP contribution in [0.3, 0.4) is 0 Å². The lowest BCUT2D eigenvalue weighted by atomic mass is 10.1. The summed E-state index contributed by atoms with van der Waals surface area (Å²) in [5.74, 6) is 0.452. The number of hydrogen-bond donors (Lipinski definition) is 0. The summed E-state index contributed by atoms with van der Waals surface area (Å²) in [5, 5.41) is 0. The van der Waals surface area contributed by atoms with E-state index in [9.17, 15) is 18.0 Å². The molecule has 0 radical (unpaired) electrons. The van der Waals surface area contributed by atoms with E-state index in [0.29, 0.717) is 18.1 Å². The number of carbonyl (C=O) groups is 1. The van der Waals surface area contributed by atoms with Gasteiger partial charge in [-0.3, -0.25) is 0 Å². The van der Waals surface area contributed by atoms with Gasteiger partial charge in [0.15, 0.2) is 18.1 Å². The number of benzene rings is 3. The summed E-state index contributed by atoms with van der Waals surface area (Å²) in [4.78, 5) is 11.8. The highest BCUT2D eigenvalue weighted by atomic mass is 19.4. The fourth-order valence-corrected chi connectivity index (χ4v) is 3.23. The van der Waals surface area contributed by atoms with Crippen LogP contribution < -0.4 is 18.9 Å². The molecule has 36 heavy (non-hydrogen) atoms. The lowest BCUT2D eigenvalue weighted by Gasteiger charge is -2.15. The predicted octanol–water partition coefficient (Wildman–Crippen LogP) is 6.72. The molecule has 0 spiro atoms. The quantitative estimate of drug-likeness (QED) is 0.190. The second-order valence-corrected chi connectivity index (χ2v) is 7.61. The number of hydrogen-bond acceptors (Lipinski definition) is 6. The van der Waals surface area contributed by atoms with Gasteiger partial charge in [0.05, 0.1) is 13.2 Å². The second kappa shape index (κ2) is 13.3. The largest absolute Gasteiger partial charge is 0.573 e. The average molecular weight is 505 g/mol. The first kappa shape index (κ1) is 26.7. The van der Waals surface area contributed by atoms with E-state index in [-0.39, 0.29) is 30.5 Å². The minimum atomic E-state index is -4.77. The molecule has 0 atom stereocenters. The predicted molar refractivity (Wildman–Crippen MR) is 127 cm³/mol. The highest BCUT2D eigenvalue weighted by Crippen LogP contribution is 2.34. The molecule has 0 aliphatic carbocycles. The van der Waals surface area contributed by atoms with Crippen molar-refractivity contribution in [3.05, 3.63) is 78.4 Å². The number of carbonyl (C=O) groups excluding carboxylic acids is 1. The summed E-state index contributed by atoms with van der Waals surface area (Å²) in [7, 11) is 0. The molecule has 0 N–H and O–H groups in total. The molecule has 0 aliphatic heterocycles. The van der Waals surface area contributed by atoms with Crippen molar-refractivity contribution in [3.8, 4) is 28.7 Å². The van der Waals surface area contributed by atoms with Gasteiger partial charge in [-0.2, -0.15) is 0 Å². The Hall–Kier alpha value is -3.88. The maximum absolute atomic E-state index is 12.3. The molecule has 192 valence electrons. The monoisotopic (exact) mass is 504 g/mol. The van der Waals surface area contributed by atoms with Crippen LogP contribution in [0.5, 0.6) is 28.7 Å². The molecule has 0 aliphatic rings. The van der Waals surface area contributed by atoms with Gasteiger partial charge in [-0.15, -0.1) is 13.2 Å². The third kappa shape index (κ3) is 9.40. The highest BCUT2D eigenvalue weighted by molar-refractivity contribution is 5.71. The summed E-state index contributed by atoms with van der Waals surface area (Å²) < 4.78 is 63.0. The molecule has 0 heterocycles. The second-order valence-electron chi connectivity index (χ2n) is 7.61. The summed E-state index contributed by atoms with van der Waals surface area (Å²) in [5.41, 5.74) is 1.26. The Bertz CT molecular complexity index is 1080. The summed E-state index contributed by atoms with van der Waals surface area (Å²) in [6.45, 7) is 2.06. The maximum Gasteiger partial charge on any atom is 0.573 e. The van der Waals surface area contributed by atoms with E-state index < -0.39 is 12.3 Å². The topological polar surface area (TPSA) is 63.2 Å². The molecule has 3 aromatic carbocycles. The average Bonchev–Trinajstić information content (AvgIpc) is 2.84. The van der Waals surface area contributed by atoms with Crippen molar-refractivity contribution in [2.45, 2.75) is 32.5 Å². The number of ether oxygens (including phenoxy) is 5. The normalized spacial score (nSPS) is 11.0. The number of unbranched alkanes of at least 4 members (excludes halogenated alkanes) is 1. The van der Waals surface area contributed by atoms with Crippen LogP contribution in [0.4, 0.5) is 13.2 Å². The van der Waals surface area contributed by atoms with Crippen LogP contribution in [0, 0.1) is 0 Å². The zero-order chi connectivity index (χ0) is 25.8. The van der Waals surface area contributed by atoms with Crippen LogP contribution in [0.1, 0.15) is 25.3 Å². The van der Waals surface area contributed by atoms with Crippen molar-refractivity contribution < 1.29 is 41.7 Å². The number of aryl methyl sites for hydroxylation is 1. The Balaban J connectivity index is 1.61. The number of alkyl halides is 3. The smallest absolute Gasteiger partial charge is 0.490 e. The van der Waals surface area contributed by atoms with Crippen molar-refractivity contribution in [3.63, 3.8) is 0 Å². The number of esters is 1. The molecule has 3 rings (SSSR count). The Labute approximate surface area is 207 Å². The molecule has 0 bridgehead atoms. The zero-order valence-corrected chi connectivity index (χ0v) is 19.8. The van der Waals surface area contributed by atoms with Crippen molar-refractivity contribution in [1.82, 2.24) is 0 Å². The van der Waals surface area contributed by atoms with Crippen molar-refractivity contribution in [2.75, 3.05) is 19.8 Å². The van der Waals surface area contributed by atoms with Crippen molar-refractivity contribution >= 4 is 5.97 Å². The van der Waals surface area contributed by atoms with Crippen LogP contribution in [0.2, 0.25) is 0 Å². The maximum atomic E-state index is 12.3. The van der Waals surface area contributed by atoms with Crippen LogP contribution in [0.15, 0.2) is 72.8 Å². The molecule has 3 aromatic rings. The molecule has 0 saturated heterocycles. The molecule has 0 amide bonds. The lowest BCUT2D eigenvalue weighted by Crippen LogP contribution is -2.16. The van der Waals surface area contributed by atoms with Crippen molar-refractivity contribution in [1.29, 1.82) is 0 Å². The fraction of sp³-hybridized carbons (Fsp3) is 0.296. The summed E-state index contributed by atoms with van der Waals surface area (Å²) >= 11 is 0. The molecule has 0 aromatic heterocycles. The highest BCUT2D eigenvalue weighted by Gasteiger charge is 2.31. The molecule has 9 heteroatoms. The summed E-state index contributed by atoms with van der Waals surface area (Å²) in [6.07, 6.45) is -2.07. The van der Waals surface area contributed by atoms with Gasteiger partial charge in [0, 0.05) is 6.07 Å². The Kier molecular flexibility index (Phi) is 9.85. The van der Waals surface area contributed by atoms with E-state index in [2.05, 4.69) is 16.9 Å². The van der Waals surface area contributed by atoms with Gasteiger partial charge < -0.3 is 23.7 Å². The van der Waals surface area contributed by atoms with E-state index in [4.69, 9.17) is 18.9 Å². The first-order valence-corrected chi connectivity index (χ1v) is 11.5. The third-order valence-corrected chi connectivity index (χ3v) is 4.82. The molecule has 0 saturated carbocycles. The van der Waals surface area contributed by atoms with E-state index >= 15 is 0 Å². The fourth-order valence-electron chi connectivity index (χ4n) is 3.23. The van der Waals surface area contributed by atoms with Gasteiger partial charge in [-0.25, -0.2) is 4.79 Å². The molecular formula is C27H27F3O6. The molecule has 6 nitrogen and oxygen atoms in total. The van der Waals surface area contributed by atoms with Gasteiger partial charge in [-0.05, 0) is 68.1 Å². The molecule has 0 fully saturated rings. The van der Waals surface area contributed by atoms with Gasteiger partial charge in [-0.1, -0.05) is 30.3 Å². The SMILES string of the molecule is CCOC(=O)COc1cc(Oc2ccc(OC(F)(F)F)cc2)ccc1OCCCCc1ccccc1.